The number of hydrogen-bond donors (Lipinski definition) is 2. The largest absolute Gasteiger partial charge is 0.465 e. The second-order valence-electron chi connectivity index (χ2n) is 8.25. The van der Waals surface area contributed by atoms with Crippen molar-refractivity contribution in [2.45, 2.75) is 38.5 Å². The van der Waals surface area contributed by atoms with Crippen molar-refractivity contribution < 1.29 is 14.3 Å². The van der Waals surface area contributed by atoms with Gasteiger partial charge in [-0.15, -0.1) is 0 Å². The molecule has 3 aromatic rings. The summed E-state index contributed by atoms with van der Waals surface area (Å²) in [6, 6.07) is 19.3. The number of methoxy groups -OCH3 is 1. The van der Waals surface area contributed by atoms with Gasteiger partial charge in [-0.05, 0) is 97.2 Å². The van der Waals surface area contributed by atoms with E-state index in [9.17, 15) is 9.59 Å². The van der Waals surface area contributed by atoms with Gasteiger partial charge < -0.3 is 15.8 Å². The molecular weight excluding hydrogens is 400 g/mol. The number of hydrogen-bond acceptors (Lipinski definition) is 4. The molecule has 1 amide bonds. The second kappa shape index (κ2) is 9.69. The highest BCUT2D eigenvalue weighted by Gasteiger charge is 2.16. The third-order valence-corrected chi connectivity index (χ3v) is 6.05. The Balaban J connectivity index is 1.36. The molecule has 0 saturated carbocycles. The lowest BCUT2D eigenvalue weighted by Gasteiger charge is -2.18. The summed E-state index contributed by atoms with van der Waals surface area (Å²) in [6.07, 6.45) is 6.12. The van der Waals surface area contributed by atoms with Crippen molar-refractivity contribution >= 4 is 23.3 Å². The van der Waals surface area contributed by atoms with Gasteiger partial charge >= 0.3 is 5.97 Å². The third-order valence-electron chi connectivity index (χ3n) is 6.05. The predicted molar refractivity (Wildman–Crippen MR) is 127 cm³/mol. The van der Waals surface area contributed by atoms with Gasteiger partial charge in [-0.25, -0.2) is 4.79 Å². The number of amides is 1. The summed E-state index contributed by atoms with van der Waals surface area (Å²) < 4.78 is 4.73. The Morgan fingerprint density at radius 2 is 1.44 bits per heavy atom. The van der Waals surface area contributed by atoms with E-state index in [0.717, 1.165) is 43.4 Å². The van der Waals surface area contributed by atoms with Crippen LogP contribution in [-0.2, 0) is 30.4 Å². The fraction of sp³-hybridized carbons (Fsp3) is 0.259. The number of carbonyl (C=O) groups is 2. The number of esters is 1. The van der Waals surface area contributed by atoms with Crippen LogP contribution in [0.4, 0.5) is 11.4 Å². The molecule has 3 N–H and O–H groups in total. The number of nitrogen functional groups attached to an aromatic ring is 1. The van der Waals surface area contributed by atoms with Crippen LogP contribution >= 0.6 is 0 Å². The van der Waals surface area contributed by atoms with E-state index in [0.29, 0.717) is 16.8 Å². The number of nitrogens with one attached hydrogen (secondary N) is 1. The van der Waals surface area contributed by atoms with Crippen molar-refractivity contribution in [3.63, 3.8) is 0 Å². The molecule has 0 bridgehead atoms. The molecule has 0 aromatic heterocycles. The van der Waals surface area contributed by atoms with E-state index in [-0.39, 0.29) is 11.9 Å². The SMILES string of the molecule is COC(=O)c1ccc(CCc2ccc(NC(=O)c3cc4c(cc3N)CCCC4)cc2)cc1. The van der Waals surface area contributed by atoms with Crippen LogP contribution in [0, 0.1) is 0 Å². The quantitative estimate of drug-likeness (QED) is 0.429. The minimum Gasteiger partial charge on any atom is -0.465 e. The summed E-state index contributed by atoms with van der Waals surface area (Å²) in [6.45, 7) is 0. The first-order valence-electron chi connectivity index (χ1n) is 11.0. The zero-order valence-electron chi connectivity index (χ0n) is 18.3. The number of anilines is 2. The van der Waals surface area contributed by atoms with E-state index in [2.05, 4.69) is 5.32 Å². The van der Waals surface area contributed by atoms with Gasteiger partial charge in [0, 0.05) is 11.4 Å². The third kappa shape index (κ3) is 4.99. The molecule has 1 aliphatic rings. The lowest BCUT2D eigenvalue weighted by atomic mass is 9.89. The maximum absolute atomic E-state index is 12.8. The fourth-order valence-corrected chi connectivity index (χ4v) is 4.17. The average molecular weight is 429 g/mol. The first kappa shape index (κ1) is 21.6. The van der Waals surface area contributed by atoms with Crippen LogP contribution in [0.2, 0.25) is 0 Å². The summed E-state index contributed by atoms with van der Waals surface area (Å²) in [7, 11) is 1.38. The van der Waals surface area contributed by atoms with E-state index in [1.54, 1.807) is 12.1 Å². The molecule has 0 saturated heterocycles. The topological polar surface area (TPSA) is 81.4 Å². The molecule has 0 radical (unpaired) electrons. The van der Waals surface area contributed by atoms with Gasteiger partial charge in [-0.1, -0.05) is 24.3 Å². The lowest BCUT2D eigenvalue weighted by Crippen LogP contribution is -2.16. The molecule has 0 aliphatic heterocycles. The van der Waals surface area contributed by atoms with Gasteiger partial charge in [0.05, 0.1) is 18.2 Å². The summed E-state index contributed by atoms with van der Waals surface area (Å²) in [4.78, 5) is 24.3. The molecule has 3 aromatic carbocycles. The molecule has 5 heteroatoms. The highest BCUT2D eigenvalue weighted by atomic mass is 16.5. The number of aryl methyl sites for hydroxylation is 4. The van der Waals surface area contributed by atoms with E-state index < -0.39 is 0 Å². The molecule has 5 nitrogen and oxygen atoms in total. The van der Waals surface area contributed by atoms with Crippen molar-refractivity contribution in [1.82, 2.24) is 0 Å². The summed E-state index contributed by atoms with van der Waals surface area (Å²) >= 11 is 0. The van der Waals surface area contributed by atoms with Gasteiger partial charge in [0.1, 0.15) is 0 Å². The molecular formula is C27H28N2O3. The monoisotopic (exact) mass is 428 g/mol. The van der Waals surface area contributed by atoms with E-state index in [4.69, 9.17) is 10.5 Å². The van der Waals surface area contributed by atoms with Crippen molar-refractivity contribution in [3.8, 4) is 0 Å². The second-order valence-corrected chi connectivity index (χ2v) is 8.25. The average Bonchev–Trinajstić information content (AvgIpc) is 2.83. The van der Waals surface area contributed by atoms with Gasteiger partial charge in [0.15, 0.2) is 0 Å². The van der Waals surface area contributed by atoms with Crippen molar-refractivity contribution in [2.75, 3.05) is 18.2 Å². The summed E-state index contributed by atoms with van der Waals surface area (Å²) in [5.74, 6) is -0.499. The Morgan fingerprint density at radius 3 is 2.03 bits per heavy atom. The fourth-order valence-electron chi connectivity index (χ4n) is 4.17. The number of carbonyl (C=O) groups excluding carboxylic acids is 2. The number of fused-ring (bicyclic) bond motifs is 1. The van der Waals surface area contributed by atoms with Crippen molar-refractivity contribution in [1.29, 1.82) is 0 Å². The zero-order chi connectivity index (χ0) is 22.5. The molecule has 0 fully saturated rings. The van der Waals surface area contributed by atoms with E-state index in [1.807, 2.05) is 48.5 Å². The first-order chi connectivity index (χ1) is 15.5. The van der Waals surface area contributed by atoms with E-state index in [1.165, 1.54) is 30.2 Å². The zero-order valence-corrected chi connectivity index (χ0v) is 18.3. The molecule has 32 heavy (non-hydrogen) atoms. The normalized spacial score (nSPS) is 12.7. The Bertz CT molecular complexity index is 1120. The van der Waals surface area contributed by atoms with E-state index >= 15 is 0 Å². The molecule has 1 aliphatic carbocycles. The summed E-state index contributed by atoms with van der Waals surface area (Å²) in [5.41, 5.74) is 13.4. The smallest absolute Gasteiger partial charge is 0.337 e. The van der Waals surface area contributed by atoms with Crippen LogP contribution in [0.15, 0.2) is 60.7 Å². The summed E-state index contributed by atoms with van der Waals surface area (Å²) in [5, 5.41) is 2.97. The Hall–Kier alpha value is -3.60. The van der Waals surface area contributed by atoms with Crippen molar-refractivity contribution in [3.05, 3.63) is 94.0 Å². The van der Waals surface area contributed by atoms with Crippen LogP contribution in [0.25, 0.3) is 0 Å². The molecule has 0 heterocycles. The minimum absolute atomic E-state index is 0.172. The molecule has 0 spiro atoms. The van der Waals surface area contributed by atoms with Crippen LogP contribution in [-0.4, -0.2) is 19.0 Å². The van der Waals surface area contributed by atoms with Gasteiger partial charge in [0.2, 0.25) is 0 Å². The minimum atomic E-state index is -0.327. The van der Waals surface area contributed by atoms with Crippen LogP contribution < -0.4 is 11.1 Å². The maximum Gasteiger partial charge on any atom is 0.337 e. The van der Waals surface area contributed by atoms with Gasteiger partial charge in [-0.2, -0.15) is 0 Å². The maximum atomic E-state index is 12.8. The molecule has 164 valence electrons. The van der Waals surface area contributed by atoms with Crippen LogP contribution in [0.1, 0.15) is 55.8 Å². The van der Waals surface area contributed by atoms with Crippen LogP contribution in [0.3, 0.4) is 0 Å². The molecule has 4 rings (SSSR count). The Labute approximate surface area is 188 Å². The molecule has 0 unspecified atom stereocenters. The number of rotatable bonds is 6. The first-order valence-corrected chi connectivity index (χ1v) is 11.0. The Morgan fingerprint density at radius 1 is 0.875 bits per heavy atom. The van der Waals surface area contributed by atoms with Crippen LogP contribution in [0.5, 0.6) is 0 Å². The number of nitrogens with two attached hydrogens (primary N) is 1. The van der Waals surface area contributed by atoms with Gasteiger partial charge in [0.25, 0.3) is 5.91 Å². The highest BCUT2D eigenvalue weighted by Crippen LogP contribution is 2.27. The van der Waals surface area contributed by atoms with Crippen molar-refractivity contribution in [2.24, 2.45) is 0 Å². The number of benzene rings is 3. The standard InChI is InChI=1S/C27H28N2O3/c1-32-27(31)20-12-8-18(9-13-20)6-7-19-10-14-23(15-11-19)29-26(30)24-16-21-4-2-3-5-22(21)17-25(24)28/h8-17H,2-7,28H2,1H3,(H,29,30). The Kier molecular flexibility index (Phi) is 6.55. The lowest BCUT2D eigenvalue weighted by molar-refractivity contribution is 0.0600. The number of ether oxygens (including phenoxy) is 1. The predicted octanol–water partition coefficient (Wildman–Crippen LogP) is 4.97. The highest BCUT2D eigenvalue weighted by molar-refractivity contribution is 6.08. The molecule has 0 atom stereocenters. The van der Waals surface area contributed by atoms with Gasteiger partial charge in [-0.3, -0.25) is 4.79 Å².